The monoisotopic (exact) mass is 577 g/mol. The van der Waals surface area contributed by atoms with Crippen molar-refractivity contribution in [2.24, 2.45) is 0 Å². The second-order valence-electron chi connectivity index (χ2n) is 7.30. The molecule has 0 aliphatic rings. The Morgan fingerprint density at radius 3 is 1.79 bits per heavy atom. The van der Waals surface area contributed by atoms with Gasteiger partial charge in [-0.3, -0.25) is 4.48 Å². The Labute approximate surface area is 207 Å². The lowest BCUT2D eigenvalue weighted by Crippen LogP contribution is -3.00. The lowest BCUT2D eigenvalue weighted by molar-refractivity contribution is -0.940. The third kappa shape index (κ3) is 9.19. The highest BCUT2D eigenvalue weighted by atomic mass is 127. The van der Waals surface area contributed by atoms with Gasteiger partial charge in [0.05, 0.1) is 23.1 Å². The van der Waals surface area contributed by atoms with Crippen LogP contribution in [0, 0.1) is 12.3 Å². The van der Waals surface area contributed by atoms with Gasteiger partial charge in [-0.25, -0.2) is 0 Å². The first-order valence-electron chi connectivity index (χ1n) is 9.99. The van der Waals surface area contributed by atoms with E-state index >= 15 is 0 Å². The van der Waals surface area contributed by atoms with Crippen LogP contribution in [0.25, 0.3) is 0 Å². The minimum atomic E-state index is 0. The highest BCUT2D eigenvalue weighted by molar-refractivity contribution is 14.1. The molecule has 0 bridgehead atoms. The van der Waals surface area contributed by atoms with E-state index in [1.165, 1.54) is 51.4 Å². The average Bonchev–Trinajstić information content (AvgIpc) is 2.64. The van der Waals surface area contributed by atoms with Gasteiger partial charge in [-0.15, -0.1) is 6.42 Å². The molecule has 0 saturated heterocycles. The van der Waals surface area contributed by atoms with E-state index in [0.717, 1.165) is 29.7 Å². The third-order valence-electron chi connectivity index (χ3n) is 5.11. The highest BCUT2D eigenvalue weighted by Gasteiger charge is 2.35. The van der Waals surface area contributed by atoms with Gasteiger partial charge in [-0.05, 0) is 43.7 Å². The van der Waals surface area contributed by atoms with Crippen LogP contribution in [0.5, 0.6) is 0 Å². The third-order valence-corrected chi connectivity index (χ3v) is 7.55. The van der Waals surface area contributed by atoms with E-state index < -0.39 is 0 Å². The van der Waals surface area contributed by atoms with Crippen molar-refractivity contribution < 1.29 is 16.9 Å². The fraction of sp³-hybridized carbons (Fsp3) is 0.636. The first kappa shape index (κ1) is 28.6. The number of hydrogen-bond acceptors (Lipinski definition) is 0. The Morgan fingerprint density at radius 1 is 0.929 bits per heavy atom. The molecule has 0 aliphatic carbocycles. The lowest BCUT2D eigenvalue weighted by atomic mass is 10.1. The van der Waals surface area contributed by atoms with E-state index in [2.05, 4.69) is 42.4 Å². The van der Waals surface area contributed by atoms with E-state index in [1.54, 1.807) is 12.1 Å². The number of nitrogens with zero attached hydrogens (tertiary/aromatic N) is 1. The van der Waals surface area contributed by atoms with Crippen LogP contribution in [0.4, 0.5) is 0 Å². The van der Waals surface area contributed by atoms with Gasteiger partial charge in [-0.2, -0.15) is 0 Å². The number of benzene rings is 1. The van der Waals surface area contributed by atoms with Gasteiger partial charge in [0.25, 0.3) is 0 Å². The van der Waals surface area contributed by atoms with Crippen LogP contribution in [0.15, 0.2) is 12.1 Å². The molecule has 28 heavy (non-hydrogen) atoms. The quantitative estimate of drug-likeness (QED) is 0.0722. The summed E-state index contributed by atoms with van der Waals surface area (Å²) in [6, 6.07) is 3.57. The summed E-state index contributed by atoms with van der Waals surface area (Å²) in [5.41, 5.74) is 0.964. The molecule has 0 saturated carbocycles. The number of unbranched alkanes of at least 4 members (excludes halogenated alkanes) is 6. The second kappa shape index (κ2) is 15.4. The standard InChI is InChI=1S/C22H32Cl3IN.ClH/c1-4-7-9-11-13-27(22(26)6-3,14-12-10-8-5-2)17-19-20(24)15-18(23)16-21(19)25;/h3,15-16,22H,4-5,7-14,17H2,1-2H3;1H/q+1;/p-1. The molecule has 0 aliphatic heterocycles. The molecule has 0 heterocycles. The molecule has 1 unspecified atom stereocenters. The smallest absolute Gasteiger partial charge is 0.200 e. The van der Waals surface area contributed by atoms with Crippen molar-refractivity contribution in [1.29, 1.82) is 0 Å². The second-order valence-corrected chi connectivity index (χ2v) is 9.73. The summed E-state index contributed by atoms with van der Waals surface area (Å²) in [5, 5.41) is 1.84. The molecule has 0 aromatic heterocycles. The predicted molar refractivity (Wildman–Crippen MR) is 130 cm³/mol. The Kier molecular flexibility index (Phi) is 15.8. The first-order valence-corrected chi connectivity index (χ1v) is 12.4. The van der Waals surface area contributed by atoms with Crippen molar-refractivity contribution in [3.63, 3.8) is 0 Å². The Bertz CT molecular complexity index is 580. The van der Waals surface area contributed by atoms with Gasteiger partial charge >= 0.3 is 0 Å². The summed E-state index contributed by atoms with van der Waals surface area (Å²) in [4.78, 5) is 0. The zero-order chi connectivity index (χ0) is 20.3. The summed E-state index contributed by atoms with van der Waals surface area (Å²) in [6.45, 7) is 7.34. The van der Waals surface area contributed by atoms with Crippen molar-refractivity contribution in [3.8, 4) is 12.3 Å². The summed E-state index contributed by atoms with van der Waals surface area (Å²) in [5.74, 6) is 3.00. The van der Waals surface area contributed by atoms with Crippen LogP contribution >= 0.6 is 57.4 Å². The molecule has 1 aromatic rings. The lowest BCUT2D eigenvalue weighted by Gasteiger charge is -2.41. The molecule has 0 fully saturated rings. The normalized spacial score (nSPS) is 12.3. The fourth-order valence-corrected chi connectivity index (χ4v) is 5.17. The topological polar surface area (TPSA) is 0 Å². The number of hydrogen-bond donors (Lipinski definition) is 0. The summed E-state index contributed by atoms with van der Waals surface area (Å²) in [7, 11) is 0. The molecule has 0 amide bonds. The van der Waals surface area contributed by atoms with Gasteiger partial charge in [0, 0.05) is 33.2 Å². The zero-order valence-corrected chi connectivity index (χ0v) is 22.1. The van der Waals surface area contributed by atoms with Gasteiger partial charge in [-0.1, -0.05) is 74.3 Å². The number of quaternary nitrogens is 1. The molecule has 1 nitrogen and oxygen atoms in total. The van der Waals surface area contributed by atoms with E-state index in [4.69, 9.17) is 41.2 Å². The maximum atomic E-state index is 6.52. The summed E-state index contributed by atoms with van der Waals surface area (Å²) < 4.78 is 0.930. The minimum absolute atomic E-state index is 0. The van der Waals surface area contributed by atoms with Crippen molar-refractivity contribution >= 4 is 57.4 Å². The molecule has 1 atom stereocenters. The molecular weight excluding hydrogens is 547 g/mol. The van der Waals surface area contributed by atoms with Crippen molar-refractivity contribution in [2.45, 2.75) is 75.8 Å². The Hall–Kier alpha value is 0.630. The van der Waals surface area contributed by atoms with Crippen molar-refractivity contribution in [3.05, 3.63) is 32.8 Å². The zero-order valence-electron chi connectivity index (χ0n) is 16.9. The molecular formula is C22H32Cl4IN. The van der Waals surface area contributed by atoms with E-state index in [9.17, 15) is 0 Å². The van der Waals surface area contributed by atoms with Gasteiger partial charge < -0.3 is 12.4 Å². The largest absolute Gasteiger partial charge is 1.00 e. The number of rotatable bonds is 13. The van der Waals surface area contributed by atoms with E-state index in [1.807, 2.05) is 0 Å². The number of halogens is 5. The van der Waals surface area contributed by atoms with Gasteiger partial charge in [0.15, 0.2) is 0 Å². The molecule has 1 aromatic carbocycles. The average molecular weight is 579 g/mol. The van der Waals surface area contributed by atoms with Gasteiger partial charge in [0.2, 0.25) is 4.05 Å². The molecule has 0 radical (unpaired) electrons. The van der Waals surface area contributed by atoms with Crippen LogP contribution < -0.4 is 12.4 Å². The fourth-order valence-electron chi connectivity index (χ4n) is 3.48. The van der Waals surface area contributed by atoms with Crippen molar-refractivity contribution in [1.82, 2.24) is 0 Å². The molecule has 160 valence electrons. The molecule has 1 rings (SSSR count). The summed E-state index contributed by atoms with van der Waals surface area (Å²) >= 11 is 21.6. The molecule has 0 spiro atoms. The maximum absolute atomic E-state index is 6.52. The minimum Gasteiger partial charge on any atom is -1.00 e. The summed E-state index contributed by atoms with van der Waals surface area (Å²) in [6.07, 6.45) is 15.7. The van der Waals surface area contributed by atoms with Crippen LogP contribution in [0.2, 0.25) is 15.1 Å². The highest BCUT2D eigenvalue weighted by Crippen LogP contribution is 2.35. The first-order chi connectivity index (χ1) is 12.9. The SMILES string of the molecule is C#CC(I)[N+](CCCCCC)(CCCCCC)Cc1c(Cl)cc(Cl)cc1Cl.[Cl-]. The molecule has 0 N–H and O–H groups in total. The number of terminal acetylenes is 1. The maximum Gasteiger partial charge on any atom is 0.200 e. The van der Waals surface area contributed by atoms with Gasteiger partial charge in [0.1, 0.15) is 6.54 Å². The Morgan fingerprint density at radius 2 is 1.39 bits per heavy atom. The van der Waals surface area contributed by atoms with Crippen LogP contribution in [0.1, 0.15) is 70.8 Å². The van der Waals surface area contributed by atoms with Crippen LogP contribution in [-0.2, 0) is 6.54 Å². The predicted octanol–water partition coefficient (Wildman–Crippen LogP) is 5.52. The molecule has 6 heteroatoms. The van der Waals surface area contributed by atoms with Crippen LogP contribution in [0.3, 0.4) is 0 Å². The van der Waals surface area contributed by atoms with E-state index in [-0.39, 0.29) is 16.5 Å². The Balaban J connectivity index is 0.00000729. The van der Waals surface area contributed by atoms with Crippen LogP contribution in [-0.4, -0.2) is 21.6 Å². The van der Waals surface area contributed by atoms with Crippen molar-refractivity contribution in [2.75, 3.05) is 13.1 Å². The number of alkyl halides is 1. The van der Waals surface area contributed by atoms with E-state index in [0.29, 0.717) is 15.1 Å².